The molecule has 1 aromatic carbocycles. The molecular weight excluding hydrogens is 304 g/mol. The molecule has 1 aromatic heterocycles. The van der Waals surface area contributed by atoms with Crippen LogP contribution in [0.5, 0.6) is 5.75 Å². The maximum absolute atomic E-state index is 12.4. The number of carbonyl (C=O) groups is 1. The third kappa shape index (κ3) is 3.14. The topological polar surface area (TPSA) is 68.2 Å². The van der Waals surface area contributed by atoms with Crippen LogP contribution in [-0.4, -0.2) is 28.3 Å². The number of carbonyl (C=O) groups excluding carboxylic acids is 1. The normalized spacial score (nSPS) is 19.6. The maximum atomic E-state index is 12.4. The first-order valence-electron chi connectivity index (χ1n) is 8.58. The van der Waals surface area contributed by atoms with Gasteiger partial charge in [-0.1, -0.05) is 18.2 Å². The third-order valence-corrected chi connectivity index (χ3v) is 4.60. The number of amides is 1. The molecule has 0 bridgehead atoms. The Labute approximate surface area is 141 Å². The van der Waals surface area contributed by atoms with E-state index in [1.165, 1.54) is 11.3 Å². The molecule has 0 spiro atoms. The number of nitrogens with zero attached hydrogens (tertiary/aromatic N) is 2. The average molecular weight is 326 g/mol. The predicted molar refractivity (Wildman–Crippen MR) is 89.6 cm³/mol. The van der Waals surface area contributed by atoms with E-state index in [-0.39, 0.29) is 5.91 Å². The van der Waals surface area contributed by atoms with Crippen molar-refractivity contribution in [2.75, 3.05) is 6.54 Å². The van der Waals surface area contributed by atoms with E-state index in [1.807, 2.05) is 22.9 Å². The number of nitrogens with one attached hydrogen (secondary N) is 2. The summed E-state index contributed by atoms with van der Waals surface area (Å²) in [7, 11) is 0. The zero-order chi connectivity index (χ0) is 16.4. The number of ether oxygens (including phenoxy) is 1. The second-order valence-electron chi connectivity index (χ2n) is 6.35. The molecule has 0 radical (unpaired) electrons. The minimum atomic E-state index is -0.415. The molecule has 0 aliphatic carbocycles. The van der Waals surface area contributed by atoms with Crippen molar-refractivity contribution in [2.45, 2.75) is 45.0 Å². The molecule has 0 unspecified atom stereocenters. The highest BCUT2D eigenvalue weighted by Gasteiger charge is 2.25. The fraction of sp³-hybridized carbons (Fsp3) is 0.444. The second kappa shape index (κ2) is 6.65. The molecule has 1 atom stereocenters. The van der Waals surface area contributed by atoms with E-state index in [0.29, 0.717) is 13.0 Å². The highest BCUT2D eigenvalue weighted by Crippen LogP contribution is 2.27. The van der Waals surface area contributed by atoms with Gasteiger partial charge in [0.2, 0.25) is 0 Å². The quantitative estimate of drug-likeness (QED) is 0.894. The van der Waals surface area contributed by atoms with Gasteiger partial charge in [-0.05, 0) is 43.5 Å². The Bertz CT molecular complexity index is 717. The summed E-state index contributed by atoms with van der Waals surface area (Å²) in [5.74, 6) is 0.759. The van der Waals surface area contributed by atoms with Crippen molar-refractivity contribution in [2.24, 2.45) is 0 Å². The van der Waals surface area contributed by atoms with Gasteiger partial charge in [0, 0.05) is 13.1 Å². The van der Waals surface area contributed by atoms with Crippen LogP contribution in [0, 0.1) is 0 Å². The van der Waals surface area contributed by atoms with Crippen molar-refractivity contribution >= 4 is 5.91 Å². The number of benzene rings is 1. The Kier molecular flexibility index (Phi) is 4.21. The van der Waals surface area contributed by atoms with E-state index in [9.17, 15) is 4.79 Å². The fourth-order valence-corrected chi connectivity index (χ4v) is 3.31. The van der Waals surface area contributed by atoms with Crippen molar-refractivity contribution in [3.63, 3.8) is 0 Å². The molecule has 6 heteroatoms. The summed E-state index contributed by atoms with van der Waals surface area (Å²) in [6.07, 6.45) is 2.25. The van der Waals surface area contributed by atoms with Crippen LogP contribution in [0.25, 0.3) is 0 Å². The van der Waals surface area contributed by atoms with Gasteiger partial charge < -0.3 is 15.4 Å². The van der Waals surface area contributed by atoms with Gasteiger partial charge >= 0.3 is 0 Å². The number of hydrogen-bond acceptors (Lipinski definition) is 4. The number of rotatable bonds is 3. The van der Waals surface area contributed by atoms with Crippen LogP contribution in [0.2, 0.25) is 0 Å². The van der Waals surface area contributed by atoms with E-state index < -0.39 is 6.10 Å². The van der Waals surface area contributed by atoms with Crippen LogP contribution in [0.3, 0.4) is 0 Å². The Balaban J connectivity index is 1.36. The Morgan fingerprint density at radius 3 is 3.29 bits per heavy atom. The lowest BCUT2D eigenvalue weighted by Gasteiger charge is -2.25. The standard InChI is InChI=1S/C18H22N4O2/c23-18(17-7-6-13-4-1-2-5-16(13)24-17)20-11-14-10-15-12-19-8-3-9-22(15)21-14/h1-2,4-5,10,17,19H,3,6-9,11-12H2,(H,20,23)/t17-/m0/s1. The SMILES string of the molecule is O=C(NCc1cc2n(n1)CCCNC2)[C@@H]1CCc2ccccc2O1. The maximum Gasteiger partial charge on any atom is 0.261 e. The molecule has 126 valence electrons. The van der Waals surface area contributed by atoms with Gasteiger partial charge in [-0.2, -0.15) is 5.10 Å². The van der Waals surface area contributed by atoms with Gasteiger partial charge in [0.1, 0.15) is 5.75 Å². The number of hydrogen-bond donors (Lipinski definition) is 2. The van der Waals surface area contributed by atoms with E-state index in [0.717, 1.165) is 43.9 Å². The number of fused-ring (bicyclic) bond motifs is 2. The van der Waals surface area contributed by atoms with Crippen LogP contribution in [0.1, 0.15) is 29.8 Å². The molecule has 2 aliphatic rings. The summed E-state index contributed by atoms with van der Waals surface area (Å²) >= 11 is 0. The zero-order valence-corrected chi connectivity index (χ0v) is 13.6. The van der Waals surface area contributed by atoms with Gasteiger partial charge in [-0.15, -0.1) is 0 Å². The fourth-order valence-electron chi connectivity index (χ4n) is 3.31. The molecule has 0 fully saturated rings. The van der Waals surface area contributed by atoms with Crippen molar-refractivity contribution in [1.29, 1.82) is 0 Å². The largest absolute Gasteiger partial charge is 0.480 e. The van der Waals surface area contributed by atoms with Crippen LogP contribution in [0.4, 0.5) is 0 Å². The molecule has 2 N–H and O–H groups in total. The Morgan fingerprint density at radius 1 is 1.42 bits per heavy atom. The van der Waals surface area contributed by atoms with E-state index in [1.54, 1.807) is 0 Å². The van der Waals surface area contributed by atoms with Gasteiger partial charge in [-0.25, -0.2) is 0 Å². The lowest BCUT2D eigenvalue weighted by Crippen LogP contribution is -2.40. The number of aryl methyl sites for hydroxylation is 2. The lowest BCUT2D eigenvalue weighted by molar-refractivity contribution is -0.128. The summed E-state index contributed by atoms with van der Waals surface area (Å²) in [6.45, 7) is 3.23. The number of para-hydroxylation sites is 1. The minimum Gasteiger partial charge on any atom is -0.480 e. The molecular formula is C18H22N4O2. The van der Waals surface area contributed by atoms with Crippen molar-refractivity contribution in [3.05, 3.63) is 47.3 Å². The Hall–Kier alpha value is -2.34. The molecule has 0 saturated heterocycles. The molecule has 24 heavy (non-hydrogen) atoms. The minimum absolute atomic E-state index is 0.0641. The summed E-state index contributed by atoms with van der Waals surface area (Å²) < 4.78 is 7.87. The molecule has 6 nitrogen and oxygen atoms in total. The number of aromatic nitrogens is 2. The van der Waals surface area contributed by atoms with Gasteiger partial charge in [0.15, 0.2) is 6.10 Å². The molecule has 2 aliphatic heterocycles. The smallest absolute Gasteiger partial charge is 0.261 e. The van der Waals surface area contributed by atoms with Gasteiger partial charge in [0.05, 0.1) is 17.9 Å². The highest BCUT2D eigenvalue weighted by atomic mass is 16.5. The van der Waals surface area contributed by atoms with Crippen LogP contribution >= 0.6 is 0 Å². The summed E-state index contributed by atoms with van der Waals surface area (Å²) in [6, 6.07) is 9.98. The van der Waals surface area contributed by atoms with Crippen molar-refractivity contribution < 1.29 is 9.53 Å². The first-order valence-corrected chi connectivity index (χ1v) is 8.58. The van der Waals surface area contributed by atoms with E-state index in [4.69, 9.17) is 4.74 Å². The Morgan fingerprint density at radius 2 is 2.33 bits per heavy atom. The molecule has 1 amide bonds. The van der Waals surface area contributed by atoms with Crippen LogP contribution < -0.4 is 15.4 Å². The van der Waals surface area contributed by atoms with Crippen molar-refractivity contribution in [1.82, 2.24) is 20.4 Å². The summed E-state index contributed by atoms with van der Waals surface area (Å²) in [5.41, 5.74) is 3.25. The second-order valence-corrected chi connectivity index (χ2v) is 6.35. The monoisotopic (exact) mass is 326 g/mol. The molecule has 0 saturated carbocycles. The van der Waals surface area contributed by atoms with Crippen molar-refractivity contribution in [3.8, 4) is 5.75 Å². The average Bonchev–Trinajstić information content (AvgIpc) is 2.88. The molecule has 3 heterocycles. The van der Waals surface area contributed by atoms with Crippen LogP contribution in [0.15, 0.2) is 30.3 Å². The van der Waals surface area contributed by atoms with Gasteiger partial charge in [0.25, 0.3) is 5.91 Å². The predicted octanol–water partition coefficient (Wildman–Crippen LogP) is 1.39. The third-order valence-electron chi connectivity index (χ3n) is 4.60. The summed E-state index contributed by atoms with van der Waals surface area (Å²) in [4.78, 5) is 12.4. The highest BCUT2D eigenvalue weighted by molar-refractivity contribution is 5.81. The lowest BCUT2D eigenvalue weighted by atomic mass is 10.0. The first-order chi connectivity index (χ1) is 11.8. The zero-order valence-electron chi connectivity index (χ0n) is 13.6. The van der Waals surface area contributed by atoms with Gasteiger partial charge in [-0.3, -0.25) is 9.48 Å². The van der Waals surface area contributed by atoms with E-state index >= 15 is 0 Å². The summed E-state index contributed by atoms with van der Waals surface area (Å²) in [5, 5.41) is 10.9. The first kappa shape index (κ1) is 15.2. The van der Waals surface area contributed by atoms with Crippen LogP contribution in [-0.2, 0) is 30.8 Å². The van der Waals surface area contributed by atoms with E-state index in [2.05, 4.69) is 27.9 Å². The molecule has 4 rings (SSSR count). The molecule has 2 aromatic rings.